The number of aromatic nitrogens is 1. The minimum absolute atomic E-state index is 0.632. The maximum Gasteiger partial charge on any atom is 0.0782 e. The molecule has 0 radical (unpaired) electrons. The molecular weight excluding hydrogens is 785 g/mol. The Morgan fingerprint density at radius 3 is 1.75 bits per heavy atom. The van der Waals surface area contributed by atoms with Crippen molar-refractivity contribution >= 4 is 60.4 Å². The Kier molecular flexibility index (Phi) is 7.64. The van der Waals surface area contributed by atoms with Gasteiger partial charge in [-0.15, -0.1) is 0 Å². The van der Waals surface area contributed by atoms with Gasteiger partial charge in [0, 0.05) is 27.5 Å². The van der Waals surface area contributed by atoms with Crippen LogP contribution in [0.3, 0.4) is 0 Å². The second-order valence-electron chi connectivity index (χ2n) is 17.5. The first-order chi connectivity index (χ1) is 32.3. The Morgan fingerprint density at radius 1 is 0.354 bits per heavy atom. The van der Waals surface area contributed by atoms with Crippen LogP contribution in [-0.2, 0) is 5.41 Å². The molecule has 1 spiro atoms. The summed E-state index contributed by atoms with van der Waals surface area (Å²) < 4.78 is 2.46. The Labute approximate surface area is 377 Å². The van der Waals surface area contributed by atoms with Crippen molar-refractivity contribution in [3.8, 4) is 39.1 Å². The molecule has 2 nitrogen and oxygen atoms in total. The van der Waals surface area contributed by atoms with Crippen molar-refractivity contribution in [2.45, 2.75) is 5.41 Å². The van der Waals surface area contributed by atoms with Crippen molar-refractivity contribution in [3.63, 3.8) is 0 Å². The lowest BCUT2D eigenvalue weighted by Gasteiger charge is -2.41. The van der Waals surface area contributed by atoms with E-state index in [2.05, 4.69) is 252 Å². The molecule has 14 rings (SSSR count). The Balaban J connectivity index is 1.14. The first kappa shape index (κ1) is 36.1. The van der Waals surface area contributed by atoms with Gasteiger partial charge in [-0.25, -0.2) is 0 Å². The minimum Gasteiger partial charge on any atom is -0.308 e. The molecule has 2 aliphatic rings. The molecule has 2 heteroatoms. The summed E-state index contributed by atoms with van der Waals surface area (Å²) in [7, 11) is 0. The van der Waals surface area contributed by atoms with Gasteiger partial charge in [-0.3, -0.25) is 0 Å². The van der Waals surface area contributed by atoms with Crippen LogP contribution in [-0.4, -0.2) is 4.57 Å². The molecule has 302 valence electrons. The van der Waals surface area contributed by atoms with E-state index in [1.807, 2.05) is 0 Å². The molecule has 0 saturated carbocycles. The SMILES string of the molecule is c1ccc(-c2ccc3cccc4c3c2C2(c3ccccc3-c3ccc(N(c5cccc6ccccc56)c5cccc6c7ccccc7n(-c7ccccc7)c56)cc32)c2ccccc2-4)cc1. The predicted molar refractivity (Wildman–Crippen MR) is 272 cm³/mol. The number of rotatable bonds is 5. The van der Waals surface area contributed by atoms with Gasteiger partial charge in [0.2, 0.25) is 0 Å². The van der Waals surface area contributed by atoms with Crippen molar-refractivity contribution < 1.29 is 0 Å². The first-order valence-electron chi connectivity index (χ1n) is 22.6. The van der Waals surface area contributed by atoms with Crippen LogP contribution in [0, 0.1) is 0 Å². The summed E-state index contributed by atoms with van der Waals surface area (Å²) in [5, 5.41) is 7.42. The molecule has 1 atom stereocenters. The molecule has 1 aromatic heterocycles. The van der Waals surface area contributed by atoms with Gasteiger partial charge in [0.05, 0.1) is 27.8 Å². The lowest BCUT2D eigenvalue weighted by atomic mass is 9.60. The summed E-state index contributed by atoms with van der Waals surface area (Å²) in [6, 6.07) is 90.4. The van der Waals surface area contributed by atoms with Gasteiger partial charge >= 0.3 is 0 Å². The highest BCUT2D eigenvalue weighted by Gasteiger charge is 2.51. The molecule has 65 heavy (non-hydrogen) atoms. The van der Waals surface area contributed by atoms with Crippen molar-refractivity contribution in [1.82, 2.24) is 4.57 Å². The van der Waals surface area contributed by atoms with Gasteiger partial charge in [0.15, 0.2) is 0 Å². The van der Waals surface area contributed by atoms with E-state index in [4.69, 9.17) is 0 Å². The molecule has 0 fully saturated rings. The fourth-order valence-electron chi connectivity index (χ4n) is 11.8. The van der Waals surface area contributed by atoms with Crippen molar-refractivity contribution in [2.75, 3.05) is 4.90 Å². The third-order valence-corrected chi connectivity index (χ3v) is 14.3. The number of para-hydroxylation sites is 3. The Bertz CT molecular complexity index is 3890. The minimum atomic E-state index is -0.632. The third-order valence-electron chi connectivity index (χ3n) is 14.3. The number of hydrogen-bond donors (Lipinski definition) is 0. The molecule has 2 aliphatic carbocycles. The molecule has 0 saturated heterocycles. The van der Waals surface area contributed by atoms with Crippen LogP contribution in [0.4, 0.5) is 17.1 Å². The van der Waals surface area contributed by atoms with E-state index in [9.17, 15) is 0 Å². The molecule has 0 amide bonds. The summed E-state index contributed by atoms with van der Waals surface area (Å²) in [4.78, 5) is 2.54. The fraction of sp³-hybridized carbons (Fsp3) is 0.0159. The van der Waals surface area contributed by atoms with Crippen LogP contribution in [0.1, 0.15) is 22.3 Å². The summed E-state index contributed by atoms with van der Waals surface area (Å²) in [6.07, 6.45) is 0. The summed E-state index contributed by atoms with van der Waals surface area (Å²) in [6.45, 7) is 0. The van der Waals surface area contributed by atoms with Crippen LogP contribution in [0.2, 0.25) is 0 Å². The fourth-order valence-corrected chi connectivity index (χ4v) is 11.8. The van der Waals surface area contributed by atoms with Gasteiger partial charge < -0.3 is 9.47 Å². The van der Waals surface area contributed by atoms with Gasteiger partial charge in [-0.05, 0) is 114 Å². The van der Waals surface area contributed by atoms with E-state index < -0.39 is 5.41 Å². The monoisotopic (exact) mass is 824 g/mol. The van der Waals surface area contributed by atoms with Crippen LogP contribution in [0.15, 0.2) is 243 Å². The van der Waals surface area contributed by atoms with Gasteiger partial charge in [-0.2, -0.15) is 0 Å². The number of nitrogens with zero attached hydrogens (tertiary/aromatic N) is 2. The quantitative estimate of drug-likeness (QED) is 0.168. The third kappa shape index (κ3) is 4.94. The molecule has 0 aliphatic heterocycles. The van der Waals surface area contributed by atoms with E-state index in [0.717, 1.165) is 22.7 Å². The van der Waals surface area contributed by atoms with E-state index >= 15 is 0 Å². The van der Waals surface area contributed by atoms with Crippen molar-refractivity contribution in [2.24, 2.45) is 0 Å². The van der Waals surface area contributed by atoms with Gasteiger partial charge in [-0.1, -0.05) is 200 Å². The first-order valence-corrected chi connectivity index (χ1v) is 22.6. The van der Waals surface area contributed by atoms with Gasteiger partial charge in [0.1, 0.15) is 0 Å². The van der Waals surface area contributed by atoms with E-state index in [0.29, 0.717) is 0 Å². The molecule has 1 unspecified atom stereocenters. The van der Waals surface area contributed by atoms with Crippen molar-refractivity contribution in [1.29, 1.82) is 0 Å². The number of hydrogen-bond acceptors (Lipinski definition) is 1. The molecule has 0 bridgehead atoms. The highest BCUT2D eigenvalue weighted by Crippen LogP contribution is 2.64. The molecular formula is C63H40N2. The van der Waals surface area contributed by atoms with Crippen LogP contribution in [0.5, 0.6) is 0 Å². The smallest absolute Gasteiger partial charge is 0.0782 e. The summed E-state index contributed by atoms with van der Waals surface area (Å²) in [5.74, 6) is 0. The standard InChI is InChI=1S/C63H40N2/c1-3-18-42(19-4-1)47-38-36-43-22-15-29-52-49-27-10-13-32-55(49)63(61(47)60(43)52)54-31-12-9-26-48(54)50-39-37-45(40-56(50)63)64(57-34-16-21-41-20-7-8-25-46(41)57)59-35-17-30-53-51-28-11-14-33-58(51)65(62(53)59)44-23-5-2-6-24-44/h1-40H. The van der Waals surface area contributed by atoms with Crippen LogP contribution in [0.25, 0.3) is 82.4 Å². The average molecular weight is 825 g/mol. The topological polar surface area (TPSA) is 8.17 Å². The zero-order chi connectivity index (χ0) is 42.6. The van der Waals surface area contributed by atoms with E-state index in [1.54, 1.807) is 0 Å². The van der Waals surface area contributed by atoms with E-state index in [-0.39, 0.29) is 0 Å². The highest BCUT2D eigenvalue weighted by molar-refractivity contribution is 6.16. The number of fused-ring (bicyclic) bond motifs is 13. The number of anilines is 3. The molecule has 0 N–H and O–H groups in total. The predicted octanol–water partition coefficient (Wildman–Crippen LogP) is 16.6. The normalized spacial score (nSPS) is 14.5. The summed E-state index contributed by atoms with van der Waals surface area (Å²) in [5.41, 5.74) is 19.1. The number of benzene rings is 11. The maximum atomic E-state index is 2.55. The average Bonchev–Trinajstić information content (AvgIpc) is 3.87. The molecule has 1 heterocycles. The zero-order valence-electron chi connectivity index (χ0n) is 35.5. The second kappa shape index (κ2) is 13.8. The maximum absolute atomic E-state index is 2.55. The highest BCUT2D eigenvalue weighted by atomic mass is 15.2. The van der Waals surface area contributed by atoms with Crippen LogP contribution < -0.4 is 4.90 Å². The second-order valence-corrected chi connectivity index (χ2v) is 17.5. The van der Waals surface area contributed by atoms with Gasteiger partial charge in [0.25, 0.3) is 0 Å². The Hall–Kier alpha value is -8.46. The largest absolute Gasteiger partial charge is 0.308 e. The Morgan fingerprint density at radius 2 is 0.923 bits per heavy atom. The zero-order valence-corrected chi connectivity index (χ0v) is 35.5. The lowest BCUT2D eigenvalue weighted by molar-refractivity contribution is 0.775. The summed E-state index contributed by atoms with van der Waals surface area (Å²) >= 11 is 0. The van der Waals surface area contributed by atoms with Crippen molar-refractivity contribution in [3.05, 3.63) is 265 Å². The molecule has 11 aromatic carbocycles. The molecule has 12 aromatic rings. The lowest BCUT2D eigenvalue weighted by Crippen LogP contribution is -2.32. The van der Waals surface area contributed by atoms with Crippen LogP contribution >= 0.6 is 0 Å². The van der Waals surface area contributed by atoms with E-state index in [1.165, 1.54) is 99.0 Å².